The third-order valence-corrected chi connectivity index (χ3v) is 3.59. The van der Waals surface area contributed by atoms with Crippen molar-refractivity contribution in [2.24, 2.45) is 5.41 Å². The second-order valence-corrected chi connectivity index (χ2v) is 5.33. The number of carbonyl (C=O) groups is 1. The second kappa shape index (κ2) is 6.02. The van der Waals surface area contributed by atoms with E-state index in [1.807, 2.05) is 25.3 Å². The Morgan fingerprint density at radius 1 is 1.42 bits per heavy atom. The predicted molar refractivity (Wildman–Crippen MR) is 72.8 cm³/mol. The predicted octanol–water partition coefficient (Wildman–Crippen LogP) is 1.00. The number of aliphatic hydroxyl groups is 1. The van der Waals surface area contributed by atoms with Crippen molar-refractivity contribution in [1.82, 2.24) is 15.6 Å². The molecule has 0 aliphatic heterocycles. The highest BCUT2D eigenvalue weighted by molar-refractivity contribution is 5.73. The van der Waals surface area contributed by atoms with Crippen LogP contribution in [0.25, 0.3) is 0 Å². The van der Waals surface area contributed by atoms with Crippen LogP contribution in [0.4, 0.5) is 4.79 Å². The molecule has 2 amide bonds. The van der Waals surface area contributed by atoms with Crippen LogP contribution >= 0.6 is 0 Å². The maximum atomic E-state index is 11.6. The fourth-order valence-electron chi connectivity index (χ4n) is 1.86. The zero-order chi connectivity index (χ0) is 13.7. The van der Waals surface area contributed by atoms with E-state index < -0.39 is 0 Å². The summed E-state index contributed by atoms with van der Waals surface area (Å²) in [6, 6.07) is 3.82. The molecule has 3 N–H and O–H groups in total. The Bertz CT molecular complexity index is 427. The molecule has 0 bridgehead atoms. The number of carbonyl (C=O) groups excluding carboxylic acids is 1. The molecule has 19 heavy (non-hydrogen) atoms. The summed E-state index contributed by atoms with van der Waals surface area (Å²) in [6.07, 6.45) is 4.60. The number of hydrogen-bond acceptors (Lipinski definition) is 3. The lowest BCUT2D eigenvalue weighted by atomic mass is 10.1. The minimum absolute atomic E-state index is 0.0434. The third kappa shape index (κ3) is 4.21. The molecule has 5 nitrogen and oxygen atoms in total. The van der Waals surface area contributed by atoms with E-state index >= 15 is 0 Å². The number of urea groups is 1. The second-order valence-electron chi connectivity index (χ2n) is 5.33. The number of nitrogens with one attached hydrogen (secondary N) is 2. The van der Waals surface area contributed by atoms with Crippen LogP contribution in [0.2, 0.25) is 0 Å². The van der Waals surface area contributed by atoms with Gasteiger partial charge in [0.25, 0.3) is 0 Å². The Balaban J connectivity index is 1.62. The molecular weight excluding hydrogens is 242 g/mol. The van der Waals surface area contributed by atoms with E-state index in [9.17, 15) is 4.79 Å². The van der Waals surface area contributed by atoms with Crippen LogP contribution in [-0.2, 0) is 6.42 Å². The number of nitrogens with zero attached hydrogens (tertiary/aromatic N) is 1. The van der Waals surface area contributed by atoms with E-state index in [2.05, 4.69) is 15.6 Å². The normalized spacial score (nSPS) is 15.9. The quantitative estimate of drug-likeness (QED) is 0.717. The van der Waals surface area contributed by atoms with E-state index in [0.717, 1.165) is 30.5 Å². The van der Waals surface area contributed by atoms with Gasteiger partial charge in [0.2, 0.25) is 0 Å². The van der Waals surface area contributed by atoms with E-state index in [-0.39, 0.29) is 18.1 Å². The highest BCUT2D eigenvalue weighted by atomic mass is 16.3. The van der Waals surface area contributed by atoms with Crippen LogP contribution in [0, 0.1) is 12.3 Å². The van der Waals surface area contributed by atoms with Gasteiger partial charge in [-0.15, -0.1) is 0 Å². The first kappa shape index (κ1) is 13.8. The summed E-state index contributed by atoms with van der Waals surface area (Å²) in [4.78, 5) is 15.8. The van der Waals surface area contributed by atoms with E-state index in [1.165, 1.54) is 0 Å². The van der Waals surface area contributed by atoms with Gasteiger partial charge in [-0.3, -0.25) is 4.98 Å². The maximum absolute atomic E-state index is 11.6. The van der Waals surface area contributed by atoms with Gasteiger partial charge in [-0.2, -0.15) is 0 Å². The molecule has 1 aliphatic carbocycles. The lowest BCUT2D eigenvalue weighted by molar-refractivity contribution is 0.203. The molecule has 1 aromatic rings. The Labute approximate surface area is 113 Å². The summed E-state index contributed by atoms with van der Waals surface area (Å²) in [6.45, 7) is 3.25. The van der Waals surface area contributed by atoms with Gasteiger partial charge >= 0.3 is 6.03 Å². The number of rotatable bonds is 6. The third-order valence-electron chi connectivity index (χ3n) is 3.59. The Morgan fingerprint density at radius 2 is 2.21 bits per heavy atom. The van der Waals surface area contributed by atoms with Gasteiger partial charge in [0.1, 0.15) is 0 Å². The molecule has 0 aromatic carbocycles. The maximum Gasteiger partial charge on any atom is 0.314 e. The Hall–Kier alpha value is -1.62. The first-order chi connectivity index (χ1) is 9.13. The van der Waals surface area contributed by atoms with Crippen LogP contribution in [-0.4, -0.2) is 35.8 Å². The van der Waals surface area contributed by atoms with Crippen molar-refractivity contribution in [3.05, 3.63) is 29.6 Å². The molecule has 2 rings (SSSR count). The van der Waals surface area contributed by atoms with E-state index in [1.54, 1.807) is 0 Å². The molecule has 0 atom stereocenters. The smallest absolute Gasteiger partial charge is 0.314 e. The minimum atomic E-state index is -0.167. The van der Waals surface area contributed by atoms with Gasteiger partial charge in [-0.25, -0.2) is 4.79 Å². The summed E-state index contributed by atoms with van der Waals surface area (Å²) < 4.78 is 0. The van der Waals surface area contributed by atoms with Crippen molar-refractivity contribution in [3.8, 4) is 0 Å². The number of aryl methyl sites for hydroxylation is 1. The fraction of sp³-hybridized carbons (Fsp3) is 0.571. The summed E-state index contributed by atoms with van der Waals surface area (Å²) in [5.41, 5.74) is 2.06. The van der Waals surface area contributed by atoms with Crippen molar-refractivity contribution in [1.29, 1.82) is 0 Å². The lowest BCUT2D eigenvalue weighted by Crippen LogP contribution is -2.40. The van der Waals surface area contributed by atoms with Crippen molar-refractivity contribution in [2.45, 2.75) is 26.2 Å². The summed E-state index contributed by atoms with van der Waals surface area (Å²) in [5, 5.41) is 14.8. The van der Waals surface area contributed by atoms with E-state index in [4.69, 9.17) is 5.11 Å². The standard InChI is InChI=1S/C14H21N3O2/c1-11-2-3-12(8-16-11)4-7-15-13(19)17-9-14(10-18)5-6-14/h2-3,8,18H,4-7,9-10H2,1H3,(H2,15,17,19). The van der Waals surface area contributed by atoms with Crippen LogP contribution < -0.4 is 10.6 Å². The zero-order valence-corrected chi connectivity index (χ0v) is 11.3. The first-order valence-electron chi connectivity index (χ1n) is 6.68. The van der Waals surface area contributed by atoms with Crippen LogP contribution in [0.3, 0.4) is 0 Å². The topological polar surface area (TPSA) is 74.2 Å². The minimum Gasteiger partial charge on any atom is -0.396 e. The molecule has 1 heterocycles. The van der Waals surface area contributed by atoms with Crippen molar-refractivity contribution >= 4 is 6.03 Å². The molecule has 0 spiro atoms. The van der Waals surface area contributed by atoms with Crippen LogP contribution in [0.15, 0.2) is 18.3 Å². The Kier molecular flexibility index (Phi) is 4.37. The molecule has 0 unspecified atom stereocenters. The van der Waals surface area contributed by atoms with Gasteiger partial charge in [0.05, 0.1) is 6.61 Å². The summed E-state index contributed by atoms with van der Waals surface area (Å²) in [5.74, 6) is 0. The molecule has 0 saturated heterocycles. The first-order valence-corrected chi connectivity index (χ1v) is 6.68. The summed E-state index contributed by atoms with van der Waals surface area (Å²) >= 11 is 0. The van der Waals surface area contributed by atoms with Crippen molar-refractivity contribution in [3.63, 3.8) is 0 Å². The zero-order valence-electron chi connectivity index (χ0n) is 11.3. The largest absolute Gasteiger partial charge is 0.396 e. The highest BCUT2D eigenvalue weighted by Crippen LogP contribution is 2.44. The number of amides is 2. The lowest BCUT2D eigenvalue weighted by Gasteiger charge is -2.13. The molecule has 1 aliphatic rings. The summed E-state index contributed by atoms with van der Waals surface area (Å²) in [7, 11) is 0. The van der Waals surface area contributed by atoms with Gasteiger partial charge < -0.3 is 15.7 Å². The van der Waals surface area contributed by atoms with Crippen molar-refractivity contribution < 1.29 is 9.90 Å². The molecule has 104 valence electrons. The van der Waals surface area contributed by atoms with Crippen LogP contribution in [0.5, 0.6) is 0 Å². The molecule has 5 heteroatoms. The van der Waals surface area contributed by atoms with Gasteiger partial charge in [-0.05, 0) is 37.8 Å². The number of pyridine rings is 1. The molecule has 1 fully saturated rings. The Morgan fingerprint density at radius 3 is 2.79 bits per heavy atom. The number of aliphatic hydroxyl groups excluding tert-OH is 1. The highest BCUT2D eigenvalue weighted by Gasteiger charge is 2.41. The number of hydrogen-bond donors (Lipinski definition) is 3. The SMILES string of the molecule is Cc1ccc(CCNC(=O)NCC2(CO)CC2)cn1. The number of aromatic nitrogens is 1. The average molecular weight is 263 g/mol. The van der Waals surface area contributed by atoms with Gasteiger partial charge in [0, 0.05) is 30.4 Å². The molecule has 0 radical (unpaired) electrons. The molecular formula is C14H21N3O2. The average Bonchev–Trinajstić information content (AvgIpc) is 3.19. The van der Waals surface area contributed by atoms with Gasteiger partial charge in [-0.1, -0.05) is 6.07 Å². The fourth-order valence-corrected chi connectivity index (χ4v) is 1.86. The van der Waals surface area contributed by atoms with Crippen LogP contribution in [0.1, 0.15) is 24.1 Å². The monoisotopic (exact) mass is 263 g/mol. The van der Waals surface area contributed by atoms with Crippen molar-refractivity contribution in [2.75, 3.05) is 19.7 Å². The molecule has 1 aromatic heterocycles. The van der Waals surface area contributed by atoms with E-state index in [0.29, 0.717) is 13.1 Å². The van der Waals surface area contributed by atoms with Gasteiger partial charge in [0.15, 0.2) is 0 Å². The molecule has 1 saturated carbocycles.